The van der Waals surface area contributed by atoms with Crippen LogP contribution in [0.2, 0.25) is 0 Å². The van der Waals surface area contributed by atoms with Gasteiger partial charge in [-0.3, -0.25) is 0 Å². The van der Waals surface area contributed by atoms with E-state index >= 15 is 0 Å². The monoisotopic (exact) mass is 258 g/mol. The zero-order valence-electron chi connectivity index (χ0n) is 10.7. The number of ether oxygens (including phenoxy) is 1. The smallest absolute Gasteiger partial charge is 0.356 e. The number of nitrogens with zero attached hydrogens (tertiary/aromatic N) is 1. The van der Waals surface area contributed by atoms with Gasteiger partial charge in [0.2, 0.25) is 0 Å². The summed E-state index contributed by atoms with van der Waals surface area (Å²) in [6, 6.07) is 7.30. The van der Waals surface area contributed by atoms with Crippen molar-refractivity contribution in [3.63, 3.8) is 0 Å². The van der Waals surface area contributed by atoms with E-state index in [1.54, 1.807) is 18.4 Å². The number of rotatable bonds is 3. The van der Waals surface area contributed by atoms with E-state index in [0.717, 1.165) is 11.2 Å². The number of nitrogens with one attached hydrogen (secondary N) is 1. The highest BCUT2D eigenvalue weighted by atomic mass is 16.6. The van der Waals surface area contributed by atoms with Gasteiger partial charge < -0.3 is 18.7 Å². The van der Waals surface area contributed by atoms with Gasteiger partial charge in [-0.2, -0.15) is 0 Å². The molecule has 3 rings (SSSR count). The van der Waals surface area contributed by atoms with E-state index in [1.807, 2.05) is 36.7 Å². The Bertz CT molecular complexity index is 691. The highest BCUT2D eigenvalue weighted by Gasteiger charge is 2.16. The fourth-order valence-corrected chi connectivity index (χ4v) is 2.12. The highest BCUT2D eigenvalue weighted by Crippen LogP contribution is 2.19. The molecular formula is C14H14N2O3. The van der Waals surface area contributed by atoms with Crippen LogP contribution < -0.4 is 0 Å². The van der Waals surface area contributed by atoms with E-state index < -0.39 is 5.97 Å². The summed E-state index contributed by atoms with van der Waals surface area (Å²) < 4.78 is 12.5. The number of aromatic nitrogens is 2. The molecule has 3 aromatic rings. The van der Waals surface area contributed by atoms with Gasteiger partial charge in [0.05, 0.1) is 11.8 Å². The van der Waals surface area contributed by atoms with Gasteiger partial charge >= 0.3 is 5.97 Å². The second-order valence-corrected chi connectivity index (χ2v) is 4.44. The second kappa shape index (κ2) is 4.35. The number of hydrogen-bond acceptors (Lipinski definition) is 3. The van der Waals surface area contributed by atoms with Crippen LogP contribution in [0.4, 0.5) is 0 Å². The summed E-state index contributed by atoms with van der Waals surface area (Å²) in [5.41, 5.74) is 2.88. The molecule has 1 atom stereocenters. The summed E-state index contributed by atoms with van der Waals surface area (Å²) in [5.74, 6) is -0.396. The summed E-state index contributed by atoms with van der Waals surface area (Å²) in [6.45, 7) is 3.80. The number of carbonyl (C=O) groups is 1. The lowest BCUT2D eigenvalue weighted by Crippen LogP contribution is -2.15. The molecule has 3 aromatic heterocycles. The maximum Gasteiger partial charge on any atom is 0.356 e. The van der Waals surface area contributed by atoms with Gasteiger partial charge in [-0.1, -0.05) is 0 Å². The molecule has 0 spiro atoms. The van der Waals surface area contributed by atoms with Crippen LogP contribution in [0.5, 0.6) is 0 Å². The number of furan rings is 1. The summed E-state index contributed by atoms with van der Waals surface area (Å²) in [5, 5.41) is 0. The van der Waals surface area contributed by atoms with Crippen molar-refractivity contribution in [3.8, 4) is 0 Å². The molecule has 0 aromatic carbocycles. The minimum Gasteiger partial charge on any atom is -0.463 e. The van der Waals surface area contributed by atoms with Crippen LogP contribution in [0.25, 0.3) is 11.1 Å². The first kappa shape index (κ1) is 11.6. The van der Waals surface area contributed by atoms with Crippen molar-refractivity contribution in [2.75, 3.05) is 0 Å². The second-order valence-electron chi connectivity index (χ2n) is 4.44. The molecule has 0 saturated carbocycles. The standard InChI is InChI=1S/C14H14N2O3/c1-9-4-3-6-16(9)10(2)19-14(17)12-8-13-11(15-12)5-7-18-13/h3-8,10,15H,1-2H3. The number of hydrogen-bond donors (Lipinski definition) is 1. The first-order chi connectivity index (χ1) is 9.15. The number of carbonyl (C=O) groups excluding carboxylic acids is 1. The van der Waals surface area contributed by atoms with Crippen LogP contribution in [0.3, 0.4) is 0 Å². The maximum absolute atomic E-state index is 12.0. The van der Waals surface area contributed by atoms with Crippen LogP contribution in [0.15, 0.2) is 41.1 Å². The van der Waals surface area contributed by atoms with E-state index in [4.69, 9.17) is 9.15 Å². The Morgan fingerprint density at radius 1 is 1.47 bits per heavy atom. The van der Waals surface area contributed by atoms with Crippen molar-refractivity contribution >= 4 is 17.1 Å². The highest BCUT2D eigenvalue weighted by molar-refractivity contribution is 5.93. The molecule has 0 saturated heterocycles. The predicted molar refractivity (Wildman–Crippen MR) is 69.9 cm³/mol. The summed E-state index contributed by atoms with van der Waals surface area (Å²) in [4.78, 5) is 15.0. The van der Waals surface area contributed by atoms with Gasteiger partial charge in [-0.05, 0) is 26.0 Å². The zero-order chi connectivity index (χ0) is 13.4. The maximum atomic E-state index is 12.0. The molecule has 1 N–H and O–H groups in total. The Morgan fingerprint density at radius 3 is 3.00 bits per heavy atom. The number of aryl methyl sites for hydroxylation is 1. The molecule has 0 radical (unpaired) electrons. The Labute approximate surface area is 109 Å². The molecule has 1 unspecified atom stereocenters. The van der Waals surface area contributed by atoms with Gasteiger partial charge in [0.25, 0.3) is 0 Å². The topological polar surface area (TPSA) is 60.2 Å². The molecule has 0 aliphatic heterocycles. The summed E-state index contributed by atoms with van der Waals surface area (Å²) in [6.07, 6.45) is 3.10. The van der Waals surface area contributed by atoms with Gasteiger partial charge in [0.15, 0.2) is 11.8 Å². The van der Waals surface area contributed by atoms with Crippen LogP contribution >= 0.6 is 0 Å². The lowest BCUT2D eigenvalue weighted by Gasteiger charge is -2.16. The minimum absolute atomic E-state index is 0.350. The number of aromatic amines is 1. The first-order valence-electron chi connectivity index (χ1n) is 6.06. The van der Waals surface area contributed by atoms with E-state index in [0.29, 0.717) is 11.3 Å². The molecule has 0 fully saturated rings. The van der Waals surface area contributed by atoms with Crippen molar-refractivity contribution in [2.45, 2.75) is 20.1 Å². The molecule has 0 bridgehead atoms. The van der Waals surface area contributed by atoms with Crippen molar-refractivity contribution < 1.29 is 13.9 Å². The zero-order valence-corrected chi connectivity index (χ0v) is 10.7. The van der Waals surface area contributed by atoms with Crippen LogP contribution in [-0.2, 0) is 4.74 Å². The van der Waals surface area contributed by atoms with Gasteiger partial charge in [-0.25, -0.2) is 4.79 Å². The minimum atomic E-state index is -0.396. The number of fused-ring (bicyclic) bond motifs is 1. The predicted octanol–water partition coefficient (Wildman–Crippen LogP) is 3.25. The van der Waals surface area contributed by atoms with E-state index in [-0.39, 0.29) is 6.23 Å². The van der Waals surface area contributed by atoms with Crippen LogP contribution in [0, 0.1) is 6.92 Å². The van der Waals surface area contributed by atoms with Crippen molar-refractivity contribution in [3.05, 3.63) is 48.1 Å². The fraction of sp³-hybridized carbons (Fsp3) is 0.214. The summed E-state index contributed by atoms with van der Waals surface area (Å²) in [7, 11) is 0. The van der Waals surface area contributed by atoms with Crippen molar-refractivity contribution in [2.24, 2.45) is 0 Å². The third-order valence-corrected chi connectivity index (χ3v) is 3.12. The van der Waals surface area contributed by atoms with Crippen LogP contribution in [0.1, 0.15) is 29.3 Å². The average Bonchev–Trinajstić information content (AvgIpc) is 3.01. The average molecular weight is 258 g/mol. The SMILES string of the molecule is Cc1cccn1C(C)OC(=O)c1cc2occc2[nH]1. The van der Waals surface area contributed by atoms with E-state index in [9.17, 15) is 4.79 Å². The lowest BCUT2D eigenvalue weighted by atomic mass is 10.4. The van der Waals surface area contributed by atoms with Gasteiger partial charge in [-0.15, -0.1) is 0 Å². The third-order valence-electron chi connectivity index (χ3n) is 3.12. The Hall–Kier alpha value is -2.43. The van der Waals surface area contributed by atoms with Gasteiger partial charge in [0, 0.05) is 24.0 Å². The molecule has 0 aliphatic carbocycles. The van der Waals surface area contributed by atoms with Crippen molar-refractivity contribution in [1.82, 2.24) is 9.55 Å². The van der Waals surface area contributed by atoms with E-state index in [1.165, 1.54) is 0 Å². The Kier molecular flexibility index (Phi) is 2.67. The normalized spacial score (nSPS) is 12.7. The van der Waals surface area contributed by atoms with Crippen LogP contribution in [-0.4, -0.2) is 15.5 Å². The molecule has 5 nitrogen and oxygen atoms in total. The molecular weight excluding hydrogens is 244 g/mol. The molecule has 19 heavy (non-hydrogen) atoms. The van der Waals surface area contributed by atoms with Crippen molar-refractivity contribution in [1.29, 1.82) is 0 Å². The Morgan fingerprint density at radius 2 is 2.32 bits per heavy atom. The first-order valence-corrected chi connectivity index (χ1v) is 6.06. The number of esters is 1. The van der Waals surface area contributed by atoms with E-state index in [2.05, 4.69) is 4.98 Å². The molecule has 98 valence electrons. The molecule has 3 heterocycles. The third kappa shape index (κ3) is 2.03. The Balaban J connectivity index is 1.78. The quantitative estimate of drug-likeness (QED) is 0.733. The van der Waals surface area contributed by atoms with Gasteiger partial charge in [0.1, 0.15) is 5.69 Å². The molecule has 0 aliphatic rings. The summed E-state index contributed by atoms with van der Waals surface area (Å²) >= 11 is 0. The number of H-pyrrole nitrogens is 1. The largest absolute Gasteiger partial charge is 0.463 e. The molecule has 0 amide bonds. The lowest BCUT2D eigenvalue weighted by molar-refractivity contribution is 0.0148. The molecule has 5 heteroatoms. The fourth-order valence-electron chi connectivity index (χ4n) is 2.12.